The van der Waals surface area contributed by atoms with Crippen LogP contribution in [0, 0.1) is 11.8 Å². The molecule has 7 heteroatoms. The van der Waals surface area contributed by atoms with Gasteiger partial charge in [0, 0.05) is 51.3 Å². The van der Waals surface area contributed by atoms with Crippen molar-refractivity contribution in [2.24, 2.45) is 11.8 Å². The van der Waals surface area contributed by atoms with Crippen LogP contribution < -0.4 is 10.1 Å². The van der Waals surface area contributed by atoms with Crippen LogP contribution in [0.15, 0.2) is 36.4 Å². The molecular weight excluding hydrogens is 406 g/mol. The van der Waals surface area contributed by atoms with Crippen molar-refractivity contribution < 1.29 is 19.1 Å². The van der Waals surface area contributed by atoms with Crippen LogP contribution in [0.25, 0.3) is 0 Å². The quantitative estimate of drug-likeness (QED) is 0.540. The molecule has 7 nitrogen and oxygen atoms in total. The molecule has 1 fully saturated rings. The zero-order chi connectivity index (χ0) is 22.9. The number of hydrogen-bond donors (Lipinski definition) is 1. The Labute approximate surface area is 191 Å². The number of amides is 2. The molecule has 2 bridgehead atoms. The van der Waals surface area contributed by atoms with Gasteiger partial charge in [-0.1, -0.05) is 30.4 Å². The van der Waals surface area contributed by atoms with E-state index in [4.69, 9.17) is 9.47 Å². The maximum atomic E-state index is 13.2. The molecule has 2 amide bonds. The lowest BCUT2D eigenvalue weighted by Gasteiger charge is -2.38. The lowest BCUT2D eigenvalue weighted by molar-refractivity contribution is -0.135. The van der Waals surface area contributed by atoms with Crippen LogP contribution in [0.1, 0.15) is 32.3 Å². The normalized spacial score (nSPS) is 23.4. The second-order valence-electron chi connectivity index (χ2n) is 8.94. The zero-order valence-corrected chi connectivity index (χ0v) is 19.6. The van der Waals surface area contributed by atoms with Crippen LogP contribution in [0.2, 0.25) is 0 Å². The van der Waals surface area contributed by atoms with Crippen molar-refractivity contribution in [2.75, 3.05) is 46.5 Å². The maximum absolute atomic E-state index is 13.2. The number of ether oxygens (including phenoxy) is 2. The van der Waals surface area contributed by atoms with E-state index in [0.29, 0.717) is 52.4 Å². The Kier molecular flexibility index (Phi) is 9.11. The Hall–Kier alpha value is -2.38. The zero-order valence-electron chi connectivity index (χ0n) is 19.6. The summed E-state index contributed by atoms with van der Waals surface area (Å²) in [6.07, 6.45) is 5.44. The fourth-order valence-electron chi connectivity index (χ4n) is 4.39. The molecule has 0 aromatic heterocycles. The van der Waals surface area contributed by atoms with E-state index in [1.807, 2.05) is 29.2 Å². The molecule has 1 saturated heterocycles. The minimum absolute atomic E-state index is 0.0410. The van der Waals surface area contributed by atoms with Crippen molar-refractivity contribution in [1.82, 2.24) is 15.1 Å². The highest BCUT2D eigenvalue weighted by Gasteiger charge is 2.32. The van der Waals surface area contributed by atoms with Gasteiger partial charge in [0.25, 0.3) is 0 Å². The summed E-state index contributed by atoms with van der Waals surface area (Å²) in [7, 11) is 1.62. The van der Waals surface area contributed by atoms with E-state index in [0.717, 1.165) is 17.7 Å². The topological polar surface area (TPSA) is 71.1 Å². The lowest BCUT2D eigenvalue weighted by Crippen LogP contribution is -2.48. The first-order valence-electron chi connectivity index (χ1n) is 11.6. The van der Waals surface area contributed by atoms with Crippen molar-refractivity contribution in [1.29, 1.82) is 0 Å². The molecule has 176 valence electrons. The minimum Gasteiger partial charge on any atom is -0.489 e. The van der Waals surface area contributed by atoms with E-state index in [9.17, 15) is 9.59 Å². The predicted octanol–water partition coefficient (Wildman–Crippen LogP) is 2.46. The van der Waals surface area contributed by atoms with Gasteiger partial charge in [-0.05, 0) is 38.2 Å². The molecule has 2 aliphatic heterocycles. The van der Waals surface area contributed by atoms with Gasteiger partial charge in [-0.3, -0.25) is 14.5 Å². The Balaban J connectivity index is 1.76. The standard InChI is InChI=1S/C25H37N3O4/c1-19(2)28-17-22-7-4-5-9-23(22)32-13-6-8-21-16-27(25(30)18-28)12-10-20(21)15-24(29)26-11-14-31-3/h4-9,19-21H,10-18H2,1-3H3,(H,26,29)/b8-6+/t20-,21-/m0/s1. The molecule has 0 aliphatic carbocycles. The molecule has 2 heterocycles. The summed E-state index contributed by atoms with van der Waals surface area (Å²) in [6, 6.07) is 8.27. The summed E-state index contributed by atoms with van der Waals surface area (Å²) in [5.74, 6) is 1.38. The van der Waals surface area contributed by atoms with Crippen molar-refractivity contribution >= 4 is 11.8 Å². The van der Waals surface area contributed by atoms with E-state index in [1.165, 1.54) is 0 Å². The summed E-state index contributed by atoms with van der Waals surface area (Å²) < 4.78 is 11.1. The number of carbonyl (C=O) groups excluding carboxylic acids is 2. The highest BCUT2D eigenvalue weighted by molar-refractivity contribution is 5.79. The number of benzene rings is 1. The van der Waals surface area contributed by atoms with Gasteiger partial charge in [0.2, 0.25) is 11.8 Å². The summed E-state index contributed by atoms with van der Waals surface area (Å²) in [5.41, 5.74) is 1.09. The molecule has 3 rings (SSSR count). The summed E-state index contributed by atoms with van der Waals surface area (Å²) in [4.78, 5) is 29.7. The average Bonchev–Trinajstić information content (AvgIpc) is 2.78. The lowest BCUT2D eigenvalue weighted by atomic mass is 9.82. The van der Waals surface area contributed by atoms with Crippen molar-refractivity contribution in [2.45, 2.75) is 39.3 Å². The Bertz CT molecular complexity index is 795. The van der Waals surface area contributed by atoms with Gasteiger partial charge >= 0.3 is 0 Å². The summed E-state index contributed by atoms with van der Waals surface area (Å²) >= 11 is 0. The van der Waals surface area contributed by atoms with Crippen LogP contribution in [0.5, 0.6) is 5.75 Å². The largest absolute Gasteiger partial charge is 0.489 e. The van der Waals surface area contributed by atoms with E-state index in [2.05, 4.69) is 36.2 Å². The fourth-order valence-corrected chi connectivity index (χ4v) is 4.39. The fraction of sp³-hybridized carbons (Fsp3) is 0.600. The SMILES string of the molecule is COCCNC(=O)C[C@@H]1CCN2C[C@@H]1/C=C/COc1ccccc1CN(C(C)C)CC2=O. The molecule has 1 N–H and O–H groups in total. The number of para-hydroxylation sites is 1. The van der Waals surface area contributed by atoms with Gasteiger partial charge in [0.15, 0.2) is 0 Å². The number of fused-ring (bicyclic) bond motifs is 3. The Morgan fingerprint density at radius 3 is 2.88 bits per heavy atom. The summed E-state index contributed by atoms with van der Waals surface area (Å²) in [6.45, 7) is 8.12. The second kappa shape index (κ2) is 12.0. The molecule has 1 aromatic rings. The van der Waals surface area contributed by atoms with Crippen LogP contribution in [-0.4, -0.2) is 74.2 Å². The number of piperidine rings is 1. The molecule has 0 saturated carbocycles. The van der Waals surface area contributed by atoms with Crippen LogP contribution in [-0.2, 0) is 20.9 Å². The molecule has 0 radical (unpaired) electrons. The van der Waals surface area contributed by atoms with E-state index in [1.54, 1.807) is 7.11 Å². The van der Waals surface area contributed by atoms with Crippen LogP contribution >= 0.6 is 0 Å². The smallest absolute Gasteiger partial charge is 0.236 e. The van der Waals surface area contributed by atoms with Gasteiger partial charge in [0.1, 0.15) is 12.4 Å². The van der Waals surface area contributed by atoms with E-state index >= 15 is 0 Å². The Morgan fingerprint density at radius 1 is 1.28 bits per heavy atom. The molecule has 0 spiro atoms. The third-order valence-corrected chi connectivity index (χ3v) is 6.37. The number of rotatable bonds is 6. The molecule has 2 atom stereocenters. The first-order chi connectivity index (χ1) is 15.5. The van der Waals surface area contributed by atoms with Crippen molar-refractivity contribution in [3.8, 4) is 5.75 Å². The van der Waals surface area contributed by atoms with Gasteiger partial charge < -0.3 is 19.7 Å². The molecule has 0 unspecified atom stereocenters. The number of methoxy groups -OCH3 is 1. The van der Waals surface area contributed by atoms with Crippen molar-refractivity contribution in [3.05, 3.63) is 42.0 Å². The number of carbonyl (C=O) groups is 2. The van der Waals surface area contributed by atoms with Crippen LogP contribution in [0.4, 0.5) is 0 Å². The highest BCUT2D eigenvalue weighted by atomic mass is 16.5. The maximum Gasteiger partial charge on any atom is 0.236 e. The molecular formula is C25H37N3O4. The monoisotopic (exact) mass is 443 g/mol. The third kappa shape index (κ3) is 6.81. The van der Waals surface area contributed by atoms with Gasteiger partial charge in [0.05, 0.1) is 13.2 Å². The molecule has 32 heavy (non-hydrogen) atoms. The molecule has 2 aliphatic rings. The van der Waals surface area contributed by atoms with Gasteiger partial charge in [-0.2, -0.15) is 0 Å². The first kappa shape index (κ1) is 24.3. The van der Waals surface area contributed by atoms with Gasteiger partial charge in [-0.25, -0.2) is 0 Å². The molecule has 1 aromatic carbocycles. The highest BCUT2D eigenvalue weighted by Crippen LogP contribution is 2.29. The number of nitrogens with zero attached hydrogens (tertiary/aromatic N) is 2. The van der Waals surface area contributed by atoms with E-state index < -0.39 is 0 Å². The average molecular weight is 444 g/mol. The number of hydrogen-bond acceptors (Lipinski definition) is 5. The van der Waals surface area contributed by atoms with Gasteiger partial charge in [-0.15, -0.1) is 0 Å². The first-order valence-corrected chi connectivity index (χ1v) is 11.6. The third-order valence-electron chi connectivity index (χ3n) is 6.37. The van der Waals surface area contributed by atoms with E-state index in [-0.39, 0.29) is 29.7 Å². The second-order valence-corrected chi connectivity index (χ2v) is 8.94. The van der Waals surface area contributed by atoms with Crippen LogP contribution in [0.3, 0.4) is 0 Å². The number of nitrogens with one attached hydrogen (secondary N) is 1. The van der Waals surface area contributed by atoms with Crippen molar-refractivity contribution in [3.63, 3.8) is 0 Å². The predicted molar refractivity (Wildman–Crippen MR) is 124 cm³/mol. The summed E-state index contributed by atoms with van der Waals surface area (Å²) in [5, 5.41) is 2.92. The minimum atomic E-state index is 0.0410. The Morgan fingerprint density at radius 2 is 2.09 bits per heavy atom.